The van der Waals surface area contributed by atoms with Gasteiger partial charge in [-0.2, -0.15) is 0 Å². The number of hydrogen-bond donors (Lipinski definition) is 1. The van der Waals surface area contributed by atoms with Crippen LogP contribution in [0.15, 0.2) is 83.3 Å². The second-order valence-corrected chi connectivity index (χ2v) is 8.26. The van der Waals surface area contributed by atoms with E-state index in [2.05, 4.69) is 75.2 Å². The van der Waals surface area contributed by atoms with Gasteiger partial charge in [0, 0.05) is 23.0 Å². The monoisotopic (exact) mass is 461 g/mol. The van der Waals surface area contributed by atoms with Gasteiger partial charge < -0.3 is 9.88 Å². The molecule has 0 aliphatic rings. The standard InChI is InChI=1S/C25H24BrN3O/c1-18(19-8-3-2-4-9-19)29-23-11-6-5-10-22(23)28-24(29)12-7-17-27-25(30)20-13-15-21(26)16-14-20/h2-6,8-11,13-16,18H,7,12,17H2,1H3,(H,27,30). The van der Waals surface area contributed by atoms with E-state index in [-0.39, 0.29) is 11.9 Å². The topological polar surface area (TPSA) is 46.9 Å². The van der Waals surface area contributed by atoms with E-state index in [4.69, 9.17) is 4.98 Å². The number of hydrogen-bond acceptors (Lipinski definition) is 2. The number of imidazole rings is 1. The number of rotatable bonds is 7. The molecule has 30 heavy (non-hydrogen) atoms. The Bertz CT molecular complexity index is 1140. The minimum absolute atomic E-state index is 0.0475. The fourth-order valence-electron chi connectivity index (χ4n) is 3.74. The lowest BCUT2D eigenvalue weighted by Crippen LogP contribution is -2.25. The van der Waals surface area contributed by atoms with E-state index in [1.165, 1.54) is 5.56 Å². The predicted octanol–water partition coefficient (Wildman–Crippen LogP) is 5.77. The number of benzene rings is 3. The van der Waals surface area contributed by atoms with Gasteiger partial charge in [-0.15, -0.1) is 0 Å². The molecule has 0 fully saturated rings. The normalized spacial score (nSPS) is 12.1. The van der Waals surface area contributed by atoms with Gasteiger partial charge in [0.05, 0.1) is 17.1 Å². The van der Waals surface area contributed by atoms with E-state index in [1.807, 2.05) is 36.4 Å². The molecule has 1 aromatic heterocycles. The van der Waals surface area contributed by atoms with E-state index < -0.39 is 0 Å². The third-order valence-electron chi connectivity index (χ3n) is 5.31. The molecule has 0 spiro atoms. The molecule has 0 aliphatic carbocycles. The molecule has 4 rings (SSSR count). The zero-order chi connectivity index (χ0) is 20.9. The van der Waals surface area contributed by atoms with E-state index in [9.17, 15) is 4.79 Å². The molecule has 1 unspecified atom stereocenters. The maximum absolute atomic E-state index is 12.3. The zero-order valence-corrected chi connectivity index (χ0v) is 18.5. The minimum Gasteiger partial charge on any atom is -0.352 e. The molecule has 0 bridgehead atoms. The number of nitrogens with zero attached hydrogens (tertiary/aromatic N) is 2. The molecule has 3 aromatic carbocycles. The molecule has 0 radical (unpaired) electrons. The van der Waals surface area contributed by atoms with Gasteiger partial charge in [0.2, 0.25) is 0 Å². The van der Waals surface area contributed by atoms with Crippen molar-refractivity contribution < 1.29 is 4.79 Å². The first-order valence-corrected chi connectivity index (χ1v) is 11.0. The Labute approximate surface area is 185 Å². The van der Waals surface area contributed by atoms with Crippen molar-refractivity contribution in [3.63, 3.8) is 0 Å². The molecule has 152 valence electrons. The smallest absolute Gasteiger partial charge is 0.251 e. The molecular formula is C25H24BrN3O. The summed E-state index contributed by atoms with van der Waals surface area (Å²) >= 11 is 3.39. The summed E-state index contributed by atoms with van der Waals surface area (Å²) in [5.74, 6) is 0.999. The first-order chi connectivity index (χ1) is 14.6. The Balaban J connectivity index is 1.47. The summed E-state index contributed by atoms with van der Waals surface area (Å²) in [7, 11) is 0. The maximum atomic E-state index is 12.3. The van der Waals surface area contributed by atoms with Gasteiger partial charge in [0.15, 0.2) is 0 Å². The van der Waals surface area contributed by atoms with Crippen molar-refractivity contribution in [2.24, 2.45) is 0 Å². The number of amides is 1. The summed E-state index contributed by atoms with van der Waals surface area (Å²) in [6, 6.07) is 26.3. The predicted molar refractivity (Wildman–Crippen MR) is 125 cm³/mol. The second-order valence-electron chi connectivity index (χ2n) is 7.34. The lowest BCUT2D eigenvalue weighted by Gasteiger charge is -2.18. The van der Waals surface area contributed by atoms with Crippen molar-refractivity contribution in [3.05, 3.63) is 100 Å². The van der Waals surface area contributed by atoms with Crippen LogP contribution in [-0.4, -0.2) is 22.0 Å². The molecule has 1 amide bonds. The summed E-state index contributed by atoms with van der Waals surface area (Å²) in [6.07, 6.45) is 1.62. The number of aromatic nitrogens is 2. The highest BCUT2D eigenvalue weighted by Crippen LogP contribution is 2.26. The number of nitrogens with one attached hydrogen (secondary N) is 1. The van der Waals surface area contributed by atoms with E-state index in [0.29, 0.717) is 12.1 Å². The highest BCUT2D eigenvalue weighted by atomic mass is 79.9. The van der Waals surface area contributed by atoms with Gasteiger partial charge in [-0.1, -0.05) is 58.4 Å². The first kappa shape index (κ1) is 20.4. The summed E-state index contributed by atoms with van der Waals surface area (Å²) in [5, 5.41) is 3.01. The van der Waals surface area contributed by atoms with Crippen LogP contribution in [0.3, 0.4) is 0 Å². The number of carbonyl (C=O) groups is 1. The number of carbonyl (C=O) groups excluding carboxylic acids is 1. The van der Waals surface area contributed by atoms with Gasteiger partial charge in [-0.05, 0) is 55.3 Å². The Kier molecular flexibility index (Phi) is 6.29. The summed E-state index contributed by atoms with van der Waals surface area (Å²) < 4.78 is 3.28. The van der Waals surface area contributed by atoms with Crippen molar-refractivity contribution >= 4 is 32.9 Å². The van der Waals surface area contributed by atoms with Crippen molar-refractivity contribution in [2.75, 3.05) is 6.54 Å². The van der Waals surface area contributed by atoms with E-state index in [0.717, 1.165) is 34.2 Å². The molecule has 0 aliphatic heterocycles. The lowest BCUT2D eigenvalue weighted by atomic mass is 10.1. The number of para-hydroxylation sites is 2. The molecule has 0 saturated heterocycles. The summed E-state index contributed by atoms with van der Waals surface area (Å²) in [6.45, 7) is 2.82. The van der Waals surface area contributed by atoms with Crippen LogP contribution < -0.4 is 5.32 Å². The maximum Gasteiger partial charge on any atom is 0.251 e. The van der Waals surface area contributed by atoms with Crippen molar-refractivity contribution in [1.29, 1.82) is 0 Å². The van der Waals surface area contributed by atoms with Crippen LogP contribution in [0.4, 0.5) is 0 Å². The van der Waals surface area contributed by atoms with Gasteiger partial charge in [0.1, 0.15) is 5.82 Å². The molecule has 1 atom stereocenters. The van der Waals surface area contributed by atoms with Crippen LogP contribution in [0.25, 0.3) is 11.0 Å². The average molecular weight is 462 g/mol. The Morgan fingerprint density at radius 2 is 1.70 bits per heavy atom. The Morgan fingerprint density at radius 1 is 1.00 bits per heavy atom. The van der Waals surface area contributed by atoms with Crippen LogP contribution in [0.1, 0.15) is 41.1 Å². The van der Waals surface area contributed by atoms with Gasteiger partial charge in [0.25, 0.3) is 5.91 Å². The SMILES string of the molecule is CC(c1ccccc1)n1c(CCCNC(=O)c2ccc(Br)cc2)nc2ccccc21. The summed E-state index contributed by atoms with van der Waals surface area (Å²) in [5.41, 5.74) is 4.07. The largest absolute Gasteiger partial charge is 0.352 e. The second kappa shape index (κ2) is 9.26. The van der Waals surface area contributed by atoms with Crippen LogP contribution >= 0.6 is 15.9 Å². The Hall–Kier alpha value is -2.92. The molecule has 1 heterocycles. The van der Waals surface area contributed by atoms with Gasteiger partial charge >= 0.3 is 0 Å². The van der Waals surface area contributed by atoms with Crippen LogP contribution in [0.2, 0.25) is 0 Å². The van der Waals surface area contributed by atoms with Gasteiger partial charge in [-0.25, -0.2) is 4.98 Å². The molecule has 4 nitrogen and oxygen atoms in total. The highest BCUT2D eigenvalue weighted by molar-refractivity contribution is 9.10. The minimum atomic E-state index is -0.0475. The average Bonchev–Trinajstić information content (AvgIpc) is 3.15. The quantitative estimate of drug-likeness (QED) is 0.355. The molecular weight excluding hydrogens is 438 g/mol. The van der Waals surface area contributed by atoms with Crippen LogP contribution in [0.5, 0.6) is 0 Å². The molecule has 0 saturated carbocycles. The zero-order valence-electron chi connectivity index (χ0n) is 16.9. The lowest BCUT2D eigenvalue weighted by molar-refractivity contribution is 0.0953. The van der Waals surface area contributed by atoms with Crippen molar-refractivity contribution in [3.8, 4) is 0 Å². The van der Waals surface area contributed by atoms with E-state index >= 15 is 0 Å². The number of fused-ring (bicyclic) bond motifs is 1. The number of halogens is 1. The highest BCUT2D eigenvalue weighted by Gasteiger charge is 2.17. The van der Waals surface area contributed by atoms with Gasteiger partial charge in [-0.3, -0.25) is 4.79 Å². The Morgan fingerprint density at radius 3 is 2.47 bits per heavy atom. The number of aryl methyl sites for hydroxylation is 1. The third-order valence-corrected chi connectivity index (χ3v) is 5.84. The van der Waals surface area contributed by atoms with Crippen molar-refractivity contribution in [2.45, 2.75) is 25.8 Å². The van der Waals surface area contributed by atoms with Crippen molar-refractivity contribution in [1.82, 2.24) is 14.9 Å². The van der Waals surface area contributed by atoms with Crippen LogP contribution in [-0.2, 0) is 6.42 Å². The van der Waals surface area contributed by atoms with Crippen LogP contribution in [0, 0.1) is 0 Å². The molecule has 4 aromatic rings. The first-order valence-electron chi connectivity index (χ1n) is 10.2. The fourth-order valence-corrected chi connectivity index (χ4v) is 4.00. The summed E-state index contributed by atoms with van der Waals surface area (Å²) in [4.78, 5) is 17.2. The molecule has 1 N–H and O–H groups in total. The molecule has 5 heteroatoms. The fraction of sp³-hybridized carbons (Fsp3) is 0.200. The van der Waals surface area contributed by atoms with E-state index in [1.54, 1.807) is 0 Å². The third kappa shape index (κ3) is 4.46.